The second kappa shape index (κ2) is 8.43. The van der Waals surface area contributed by atoms with Gasteiger partial charge in [-0.25, -0.2) is 13.4 Å². The molecule has 0 unspecified atom stereocenters. The summed E-state index contributed by atoms with van der Waals surface area (Å²) < 4.78 is 28.1. The molecule has 4 aromatic rings. The van der Waals surface area contributed by atoms with Gasteiger partial charge in [-0.15, -0.1) is 5.10 Å². The lowest BCUT2D eigenvalue weighted by Gasteiger charge is -2.12. The number of halogens is 1. The minimum Gasteiger partial charge on any atom is -0.369 e. The topological polar surface area (TPSA) is 89.2 Å². The molecular formula is C22H24ClN5O2S. The van der Waals surface area contributed by atoms with Crippen molar-refractivity contribution < 1.29 is 8.42 Å². The molecule has 0 aliphatic carbocycles. The Morgan fingerprint density at radius 3 is 2.55 bits per heavy atom. The largest absolute Gasteiger partial charge is 0.369 e. The molecule has 2 aromatic carbocycles. The quantitative estimate of drug-likeness (QED) is 0.429. The van der Waals surface area contributed by atoms with Crippen molar-refractivity contribution in [2.24, 2.45) is 5.92 Å². The fraction of sp³-hybridized carbons (Fsp3) is 0.318. The third kappa shape index (κ3) is 4.09. The van der Waals surface area contributed by atoms with Crippen molar-refractivity contribution >= 4 is 43.8 Å². The van der Waals surface area contributed by atoms with Crippen LogP contribution in [-0.2, 0) is 16.3 Å². The van der Waals surface area contributed by atoms with Crippen LogP contribution in [0.4, 0.5) is 5.82 Å². The highest BCUT2D eigenvalue weighted by Crippen LogP contribution is 2.30. The van der Waals surface area contributed by atoms with Crippen LogP contribution in [0.1, 0.15) is 32.8 Å². The van der Waals surface area contributed by atoms with E-state index in [9.17, 15) is 8.42 Å². The van der Waals surface area contributed by atoms with Gasteiger partial charge in [-0.1, -0.05) is 49.7 Å². The standard InChI is InChI=1S/C22H24ClN5O2S/c1-4-15-5-8-17(9-6-15)31(29,30)22-21-25-20(24-12-11-14(2)3)18-13-16(23)7-10-19(18)28(21)27-26-22/h5-10,13-14H,4,11-12H2,1-3H3,(H,24,25). The molecule has 0 aliphatic rings. The van der Waals surface area contributed by atoms with Gasteiger partial charge in [0, 0.05) is 17.0 Å². The number of fused-ring (bicyclic) bond motifs is 3. The Kier molecular flexibility index (Phi) is 5.85. The maximum atomic E-state index is 13.3. The van der Waals surface area contributed by atoms with Gasteiger partial charge in [0.05, 0.1) is 10.4 Å². The van der Waals surface area contributed by atoms with E-state index in [0.717, 1.165) is 23.8 Å². The summed E-state index contributed by atoms with van der Waals surface area (Å²) in [4.78, 5) is 4.78. The first kappa shape index (κ1) is 21.5. The Hall–Kier alpha value is -2.71. The lowest BCUT2D eigenvalue weighted by Crippen LogP contribution is -2.09. The Morgan fingerprint density at radius 2 is 1.87 bits per heavy atom. The van der Waals surface area contributed by atoms with Gasteiger partial charge in [-0.2, -0.15) is 4.52 Å². The first-order valence-corrected chi connectivity index (χ1v) is 12.1. The molecule has 9 heteroatoms. The molecule has 2 aromatic heterocycles. The molecule has 4 rings (SSSR count). The van der Waals surface area contributed by atoms with Gasteiger partial charge in [-0.05, 0) is 54.7 Å². The van der Waals surface area contributed by atoms with Crippen molar-refractivity contribution in [1.29, 1.82) is 0 Å². The number of nitrogens with zero attached hydrogens (tertiary/aromatic N) is 4. The van der Waals surface area contributed by atoms with Crippen LogP contribution in [0.5, 0.6) is 0 Å². The minimum absolute atomic E-state index is 0.166. The maximum absolute atomic E-state index is 13.3. The third-order valence-electron chi connectivity index (χ3n) is 5.19. The Balaban J connectivity index is 1.88. The number of aromatic nitrogens is 4. The number of aryl methyl sites for hydroxylation is 1. The van der Waals surface area contributed by atoms with Crippen LogP contribution in [-0.4, -0.2) is 34.8 Å². The highest BCUT2D eigenvalue weighted by Gasteiger charge is 2.27. The zero-order chi connectivity index (χ0) is 22.2. The summed E-state index contributed by atoms with van der Waals surface area (Å²) in [5, 5.41) is 12.6. The average molecular weight is 458 g/mol. The number of anilines is 1. The molecule has 0 saturated heterocycles. The van der Waals surface area contributed by atoms with Gasteiger partial charge in [0.15, 0.2) is 5.65 Å². The fourth-order valence-corrected chi connectivity index (χ4v) is 4.78. The molecule has 1 N–H and O–H groups in total. The number of sulfone groups is 1. The van der Waals surface area contributed by atoms with Crippen molar-refractivity contribution in [3.63, 3.8) is 0 Å². The number of hydrogen-bond acceptors (Lipinski definition) is 6. The number of nitrogens with one attached hydrogen (secondary N) is 1. The zero-order valence-corrected chi connectivity index (χ0v) is 19.2. The first-order chi connectivity index (χ1) is 14.8. The van der Waals surface area contributed by atoms with Gasteiger partial charge in [0.1, 0.15) is 5.82 Å². The lowest BCUT2D eigenvalue weighted by molar-refractivity contribution is 0.592. The molecule has 0 fully saturated rings. The van der Waals surface area contributed by atoms with E-state index < -0.39 is 9.84 Å². The predicted molar refractivity (Wildman–Crippen MR) is 123 cm³/mol. The van der Waals surface area contributed by atoms with E-state index in [1.807, 2.05) is 19.1 Å². The Morgan fingerprint density at radius 1 is 1.13 bits per heavy atom. The van der Waals surface area contributed by atoms with E-state index in [4.69, 9.17) is 11.6 Å². The molecule has 0 atom stereocenters. The predicted octanol–water partition coefficient (Wildman–Crippen LogP) is 4.78. The lowest BCUT2D eigenvalue weighted by atomic mass is 10.1. The summed E-state index contributed by atoms with van der Waals surface area (Å²) in [6.07, 6.45) is 1.78. The molecule has 0 radical (unpaired) electrons. The van der Waals surface area contributed by atoms with Gasteiger partial charge in [0.2, 0.25) is 14.9 Å². The molecular weight excluding hydrogens is 434 g/mol. The summed E-state index contributed by atoms with van der Waals surface area (Å²) >= 11 is 6.21. The summed E-state index contributed by atoms with van der Waals surface area (Å²) in [6.45, 7) is 7.00. The van der Waals surface area contributed by atoms with E-state index in [2.05, 4.69) is 34.5 Å². The Bertz CT molecular complexity index is 1350. The summed E-state index contributed by atoms with van der Waals surface area (Å²) in [5.74, 6) is 1.08. The monoisotopic (exact) mass is 457 g/mol. The molecule has 2 heterocycles. The van der Waals surface area contributed by atoms with Crippen LogP contribution in [0, 0.1) is 5.92 Å². The van der Waals surface area contributed by atoms with E-state index in [1.54, 1.807) is 30.3 Å². The zero-order valence-electron chi connectivity index (χ0n) is 17.6. The smallest absolute Gasteiger partial charge is 0.229 e. The van der Waals surface area contributed by atoms with Crippen LogP contribution in [0.15, 0.2) is 52.4 Å². The molecule has 162 valence electrons. The normalized spacial score (nSPS) is 12.2. The van der Waals surface area contributed by atoms with Crippen LogP contribution >= 0.6 is 11.6 Å². The highest BCUT2D eigenvalue weighted by molar-refractivity contribution is 7.91. The highest BCUT2D eigenvalue weighted by atomic mass is 35.5. The van der Waals surface area contributed by atoms with Crippen molar-refractivity contribution in [3.8, 4) is 0 Å². The van der Waals surface area contributed by atoms with E-state index in [-0.39, 0.29) is 15.6 Å². The minimum atomic E-state index is -3.89. The molecule has 0 spiro atoms. The summed E-state index contributed by atoms with van der Waals surface area (Å²) in [5.41, 5.74) is 1.92. The molecule has 0 bridgehead atoms. The summed E-state index contributed by atoms with van der Waals surface area (Å²) in [6, 6.07) is 12.1. The van der Waals surface area contributed by atoms with E-state index in [0.29, 0.717) is 28.8 Å². The van der Waals surface area contributed by atoms with E-state index >= 15 is 0 Å². The van der Waals surface area contributed by atoms with Crippen LogP contribution in [0.2, 0.25) is 5.02 Å². The van der Waals surface area contributed by atoms with Crippen LogP contribution in [0.25, 0.3) is 16.6 Å². The van der Waals surface area contributed by atoms with Crippen LogP contribution in [0.3, 0.4) is 0 Å². The van der Waals surface area contributed by atoms with Crippen molar-refractivity contribution in [2.45, 2.75) is 43.5 Å². The average Bonchev–Trinajstić information content (AvgIpc) is 3.18. The molecule has 0 amide bonds. The van der Waals surface area contributed by atoms with Gasteiger partial charge >= 0.3 is 0 Å². The number of rotatable bonds is 7. The van der Waals surface area contributed by atoms with Crippen molar-refractivity contribution in [3.05, 3.63) is 53.1 Å². The second-order valence-electron chi connectivity index (χ2n) is 7.86. The van der Waals surface area contributed by atoms with Gasteiger partial charge in [0.25, 0.3) is 0 Å². The van der Waals surface area contributed by atoms with E-state index in [1.165, 1.54) is 4.52 Å². The number of benzene rings is 2. The maximum Gasteiger partial charge on any atom is 0.229 e. The summed E-state index contributed by atoms with van der Waals surface area (Å²) in [7, 11) is -3.89. The fourth-order valence-electron chi connectivity index (χ4n) is 3.37. The first-order valence-electron chi connectivity index (χ1n) is 10.2. The Labute approximate surface area is 186 Å². The third-order valence-corrected chi connectivity index (χ3v) is 7.09. The second-order valence-corrected chi connectivity index (χ2v) is 10.2. The SMILES string of the molecule is CCc1ccc(S(=O)(=O)c2nnn3c2nc(NCCC(C)C)c2cc(Cl)ccc23)cc1. The van der Waals surface area contributed by atoms with Crippen molar-refractivity contribution in [1.82, 2.24) is 19.8 Å². The van der Waals surface area contributed by atoms with Gasteiger partial charge in [-0.3, -0.25) is 0 Å². The van der Waals surface area contributed by atoms with Gasteiger partial charge < -0.3 is 5.32 Å². The molecule has 0 saturated carbocycles. The van der Waals surface area contributed by atoms with Crippen LogP contribution < -0.4 is 5.32 Å². The molecule has 7 nitrogen and oxygen atoms in total. The van der Waals surface area contributed by atoms with Crippen molar-refractivity contribution in [2.75, 3.05) is 11.9 Å². The molecule has 31 heavy (non-hydrogen) atoms. The molecule has 0 aliphatic heterocycles. The number of hydrogen-bond donors (Lipinski definition) is 1.